The number of carbonyl (C=O) groups excluding carboxylic acids is 2. The molecule has 0 aromatic heterocycles. The molecule has 0 saturated carbocycles. The molecule has 30 heavy (non-hydrogen) atoms. The van der Waals surface area contributed by atoms with E-state index >= 15 is 0 Å². The van der Waals surface area contributed by atoms with Crippen molar-refractivity contribution in [2.24, 2.45) is 5.92 Å². The minimum atomic E-state index is -3.55. The van der Waals surface area contributed by atoms with Crippen molar-refractivity contribution >= 4 is 39.1 Å². The molecule has 0 radical (unpaired) electrons. The number of hydrogen-bond acceptors (Lipinski definition) is 4. The van der Waals surface area contributed by atoms with Gasteiger partial charge in [0, 0.05) is 36.8 Å². The van der Waals surface area contributed by atoms with E-state index in [0.717, 1.165) is 0 Å². The SMILES string of the molecule is CN(CC(=O)Nc1ccc(Cl)cc1)C(=O)C1CCN(S(=O)(=O)c2ccccc2)CC1. The zero-order valence-electron chi connectivity index (χ0n) is 16.6. The van der Waals surface area contributed by atoms with Gasteiger partial charge in [0.05, 0.1) is 11.4 Å². The Kier molecular flexibility index (Phi) is 7.12. The molecule has 1 heterocycles. The van der Waals surface area contributed by atoms with Crippen LogP contribution in [0.1, 0.15) is 12.8 Å². The molecule has 2 aromatic carbocycles. The molecule has 1 fully saturated rings. The number of nitrogens with one attached hydrogen (secondary N) is 1. The lowest BCUT2D eigenvalue weighted by atomic mass is 9.96. The molecule has 3 rings (SSSR count). The summed E-state index contributed by atoms with van der Waals surface area (Å²) < 4.78 is 26.8. The fraction of sp³-hybridized carbons (Fsp3) is 0.333. The molecular formula is C21H24ClN3O4S. The van der Waals surface area contributed by atoms with Gasteiger partial charge in [-0.3, -0.25) is 9.59 Å². The van der Waals surface area contributed by atoms with Gasteiger partial charge in [-0.05, 0) is 49.2 Å². The van der Waals surface area contributed by atoms with E-state index in [1.54, 1.807) is 61.6 Å². The second kappa shape index (κ2) is 9.59. The van der Waals surface area contributed by atoms with Crippen LogP contribution in [-0.2, 0) is 19.6 Å². The lowest BCUT2D eigenvalue weighted by molar-refractivity contribution is -0.138. The minimum absolute atomic E-state index is 0.0794. The number of anilines is 1. The first-order valence-corrected chi connectivity index (χ1v) is 11.4. The van der Waals surface area contributed by atoms with Gasteiger partial charge < -0.3 is 10.2 Å². The van der Waals surface area contributed by atoms with Crippen LogP contribution in [-0.4, -0.2) is 56.1 Å². The largest absolute Gasteiger partial charge is 0.336 e. The van der Waals surface area contributed by atoms with Gasteiger partial charge in [-0.15, -0.1) is 0 Å². The number of nitrogens with zero attached hydrogens (tertiary/aromatic N) is 2. The van der Waals surface area contributed by atoms with Crippen LogP contribution < -0.4 is 5.32 Å². The fourth-order valence-corrected chi connectivity index (χ4v) is 5.04. The Labute approximate surface area is 181 Å². The van der Waals surface area contributed by atoms with E-state index < -0.39 is 10.0 Å². The number of amides is 2. The Morgan fingerprint density at radius 2 is 1.67 bits per heavy atom. The number of hydrogen-bond donors (Lipinski definition) is 1. The van der Waals surface area contributed by atoms with Crippen molar-refractivity contribution in [2.75, 3.05) is 32.0 Å². The first kappa shape index (κ1) is 22.3. The zero-order chi connectivity index (χ0) is 21.7. The average molecular weight is 450 g/mol. The highest BCUT2D eigenvalue weighted by atomic mass is 35.5. The standard InChI is InChI=1S/C21H24ClN3O4S/c1-24(15-20(26)23-18-9-7-17(22)8-10-18)21(27)16-11-13-25(14-12-16)30(28,29)19-5-3-2-4-6-19/h2-10,16H,11-15H2,1H3,(H,23,26). The van der Waals surface area contributed by atoms with Crippen LogP contribution in [0.25, 0.3) is 0 Å². The number of carbonyl (C=O) groups is 2. The summed E-state index contributed by atoms with van der Waals surface area (Å²) in [5.41, 5.74) is 0.602. The molecule has 1 aliphatic heterocycles. The summed E-state index contributed by atoms with van der Waals surface area (Å²) >= 11 is 5.83. The average Bonchev–Trinajstić information content (AvgIpc) is 2.75. The van der Waals surface area contributed by atoms with Crippen LogP contribution >= 0.6 is 11.6 Å². The van der Waals surface area contributed by atoms with Gasteiger partial charge in [-0.1, -0.05) is 29.8 Å². The molecule has 7 nitrogen and oxygen atoms in total. The van der Waals surface area contributed by atoms with E-state index in [1.165, 1.54) is 9.21 Å². The molecule has 1 N–H and O–H groups in total. The van der Waals surface area contributed by atoms with Crippen LogP contribution in [0.5, 0.6) is 0 Å². The van der Waals surface area contributed by atoms with Gasteiger partial charge in [0.2, 0.25) is 21.8 Å². The summed E-state index contributed by atoms with van der Waals surface area (Å²) in [4.78, 5) is 26.6. The van der Waals surface area contributed by atoms with Gasteiger partial charge in [-0.2, -0.15) is 4.31 Å². The highest BCUT2D eigenvalue weighted by Gasteiger charge is 2.33. The van der Waals surface area contributed by atoms with Gasteiger partial charge in [-0.25, -0.2) is 8.42 Å². The molecule has 160 valence electrons. The highest BCUT2D eigenvalue weighted by Crippen LogP contribution is 2.25. The maximum Gasteiger partial charge on any atom is 0.243 e. The van der Waals surface area contributed by atoms with Crippen LogP contribution in [0.2, 0.25) is 5.02 Å². The Morgan fingerprint density at radius 1 is 1.07 bits per heavy atom. The van der Waals surface area contributed by atoms with Crippen molar-refractivity contribution in [2.45, 2.75) is 17.7 Å². The van der Waals surface area contributed by atoms with E-state index in [2.05, 4.69) is 5.32 Å². The third-order valence-corrected chi connectivity index (χ3v) is 7.23. The minimum Gasteiger partial charge on any atom is -0.336 e. The number of piperidine rings is 1. The number of halogens is 1. The Balaban J connectivity index is 1.52. The lowest BCUT2D eigenvalue weighted by Gasteiger charge is -2.32. The molecule has 0 bridgehead atoms. The molecule has 0 aliphatic carbocycles. The number of sulfonamides is 1. The normalized spacial score (nSPS) is 15.5. The summed E-state index contributed by atoms with van der Waals surface area (Å²) in [7, 11) is -1.97. The molecule has 1 aliphatic rings. The predicted octanol–water partition coefficient (Wildman–Crippen LogP) is 2.84. The second-order valence-corrected chi connectivity index (χ2v) is 9.62. The van der Waals surface area contributed by atoms with Crippen molar-refractivity contribution in [1.29, 1.82) is 0 Å². The van der Waals surface area contributed by atoms with Crippen LogP contribution in [0.4, 0.5) is 5.69 Å². The third kappa shape index (κ3) is 5.38. The van der Waals surface area contributed by atoms with Crippen LogP contribution in [0, 0.1) is 5.92 Å². The maximum atomic E-state index is 12.7. The summed E-state index contributed by atoms with van der Waals surface area (Å²) in [6.45, 7) is 0.473. The number of likely N-dealkylation sites (N-methyl/N-ethyl adjacent to an activating group) is 1. The quantitative estimate of drug-likeness (QED) is 0.734. The van der Waals surface area contributed by atoms with Gasteiger partial charge in [0.15, 0.2) is 0 Å². The Morgan fingerprint density at radius 3 is 2.27 bits per heavy atom. The molecule has 0 unspecified atom stereocenters. The van der Waals surface area contributed by atoms with E-state index in [1.807, 2.05) is 0 Å². The Bertz CT molecular complexity index is 989. The first-order valence-electron chi connectivity index (χ1n) is 9.63. The van der Waals surface area contributed by atoms with Gasteiger partial charge in [0.1, 0.15) is 0 Å². The van der Waals surface area contributed by atoms with Crippen LogP contribution in [0.15, 0.2) is 59.5 Å². The summed E-state index contributed by atoms with van der Waals surface area (Å²) in [6, 6.07) is 15.0. The summed E-state index contributed by atoms with van der Waals surface area (Å²) in [5.74, 6) is -0.768. The zero-order valence-corrected chi connectivity index (χ0v) is 18.2. The molecule has 0 spiro atoms. The maximum absolute atomic E-state index is 12.7. The molecule has 9 heteroatoms. The van der Waals surface area contributed by atoms with E-state index in [9.17, 15) is 18.0 Å². The van der Waals surface area contributed by atoms with Crippen molar-refractivity contribution in [1.82, 2.24) is 9.21 Å². The van der Waals surface area contributed by atoms with E-state index in [0.29, 0.717) is 23.6 Å². The molecule has 2 aromatic rings. The highest BCUT2D eigenvalue weighted by molar-refractivity contribution is 7.89. The smallest absolute Gasteiger partial charge is 0.243 e. The molecular weight excluding hydrogens is 426 g/mol. The monoisotopic (exact) mass is 449 g/mol. The van der Waals surface area contributed by atoms with E-state index in [4.69, 9.17) is 11.6 Å². The molecule has 0 atom stereocenters. The second-order valence-electron chi connectivity index (χ2n) is 7.24. The topological polar surface area (TPSA) is 86.8 Å². The Hall–Kier alpha value is -2.42. The number of benzene rings is 2. The first-order chi connectivity index (χ1) is 14.3. The van der Waals surface area contributed by atoms with E-state index in [-0.39, 0.29) is 42.3 Å². The third-order valence-electron chi connectivity index (χ3n) is 5.07. The van der Waals surface area contributed by atoms with Crippen LogP contribution in [0.3, 0.4) is 0 Å². The predicted molar refractivity (Wildman–Crippen MR) is 116 cm³/mol. The lowest BCUT2D eigenvalue weighted by Crippen LogP contribution is -2.44. The van der Waals surface area contributed by atoms with Crippen molar-refractivity contribution < 1.29 is 18.0 Å². The van der Waals surface area contributed by atoms with Gasteiger partial charge in [0.25, 0.3) is 0 Å². The molecule has 2 amide bonds. The summed E-state index contributed by atoms with van der Waals surface area (Å²) in [6.07, 6.45) is 0.849. The van der Waals surface area contributed by atoms with Gasteiger partial charge >= 0.3 is 0 Å². The van der Waals surface area contributed by atoms with Crippen molar-refractivity contribution in [3.8, 4) is 0 Å². The summed E-state index contributed by atoms with van der Waals surface area (Å²) in [5, 5.41) is 3.29. The number of rotatable bonds is 6. The van der Waals surface area contributed by atoms with Crippen molar-refractivity contribution in [3.63, 3.8) is 0 Å². The fourth-order valence-electron chi connectivity index (χ4n) is 3.42. The molecule has 1 saturated heterocycles. The van der Waals surface area contributed by atoms with Crippen molar-refractivity contribution in [3.05, 3.63) is 59.6 Å².